The molecule has 1 fully saturated rings. The molecular weight excluding hydrogens is 310 g/mol. The molecule has 1 saturated heterocycles. The lowest BCUT2D eigenvalue weighted by molar-refractivity contribution is -0.141. The zero-order valence-electron chi connectivity index (χ0n) is 12.0. The lowest BCUT2D eigenvalue weighted by Gasteiger charge is -2.26. The fraction of sp³-hybridized carbons (Fsp3) is 0.615. The van der Waals surface area contributed by atoms with Gasteiger partial charge in [-0.3, -0.25) is 4.79 Å². The number of carbonyl (C=O) groups excluding carboxylic acids is 1. The first-order valence-electron chi connectivity index (χ1n) is 6.83. The van der Waals surface area contributed by atoms with Crippen LogP contribution in [0.1, 0.15) is 48.2 Å². The minimum atomic E-state index is -0.961. The zero-order chi connectivity index (χ0) is 15.6. The van der Waals surface area contributed by atoms with E-state index >= 15 is 0 Å². The van der Waals surface area contributed by atoms with E-state index in [2.05, 4.69) is 4.98 Å². The van der Waals surface area contributed by atoms with Gasteiger partial charge < -0.3 is 15.7 Å². The summed E-state index contributed by atoms with van der Waals surface area (Å²) in [6, 6.07) is -1.01. The number of nitrogens with two attached hydrogens (primary N) is 1. The molecule has 2 heterocycles. The third-order valence-corrected chi connectivity index (χ3v) is 5.68. The Kier molecular flexibility index (Phi) is 5.23. The highest BCUT2D eigenvalue weighted by atomic mass is 32.2. The Balaban J connectivity index is 2.25. The number of thioether (sulfide) groups is 1. The number of carboxylic acids is 1. The second-order valence-electron chi connectivity index (χ2n) is 5.00. The van der Waals surface area contributed by atoms with E-state index in [0.29, 0.717) is 16.5 Å². The Morgan fingerprint density at radius 1 is 1.62 bits per heavy atom. The minimum Gasteiger partial charge on any atom is -0.480 e. The molecule has 0 saturated carbocycles. The number of rotatable bonds is 5. The van der Waals surface area contributed by atoms with Gasteiger partial charge in [0, 0.05) is 11.1 Å². The number of hydrogen-bond donors (Lipinski definition) is 2. The monoisotopic (exact) mass is 329 g/mol. The second kappa shape index (κ2) is 6.76. The summed E-state index contributed by atoms with van der Waals surface area (Å²) in [5, 5.41) is 11.6. The molecule has 2 rings (SSSR count). The van der Waals surface area contributed by atoms with Crippen LogP contribution in [0.15, 0.2) is 5.38 Å². The van der Waals surface area contributed by atoms with Crippen LogP contribution in [0, 0.1) is 0 Å². The molecule has 21 heavy (non-hydrogen) atoms. The number of aliphatic carboxylic acids is 1. The van der Waals surface area contributed by atoms with Crippen LogP contribution in [0.3, 0.4) is 0 Å². The van der Waals surface area contributed by atoms with Crippen molar-refractivity contribution < 1.29 is 14.7 Å². The Morgan fingerprint density at radius 3 is 2.86 bits per heavy atom. The summed E-state index contributed by atoms with van der Waals surface area (Å²) in [6.45, 7) is 3.83. The van der Waals surface area contributed by atoms with Gasteiger partial charge in [0.05, 0.1) is 11.4 Å². The third kappa shape index (κ3) is 3.38. The van der Waals surface area contributed by atoms with E-state index in [9.17, 15) is 14.7 Å². The number of aromatic nitrogens is 1. The molecule has 3 N–H and O–H groups in total. The van der Waals surface area contributed by atoms with Gasteiger partial charge in [-0.2, -0.15) is 0 Å². The van der Waals surface area contributed by atoms with Crippen molar-refractivity contribution in [3.8, 4) is 0 Å². The fourth-order valence-electron chi connectivity index (χ4n) is 2.22. The number of carboxylic acid groups (broad SMARTS) is 1. The van der Waals surface area contributed by atoms with E-state index in [4.69, 9.17) is 5.73 Å². The summed E-state index contributed by atoms with van der Waals surface area (Å²) in [4.78, 5) is 29.7. The van der Waals surface area contributed by atoms with E-state index in [0.717, 1.165) is 12.8 Å². The average molecular weight is 329 g/mol. The fourth-order valence-corrected chi connectivity index (χ4v) is 4.49. The first-order chi connectivity index (χ1) is 9.95. The minimum absolute atomic E-state index is 0.0935. The topological polar surface area (TPSA) is 96.5 Å². The van der Waals surface area contributed by atoms with Crippen molar-refractivity contribution in [2.24, 2.45) is 5.73 Å². The van der Waals surface area contributed by atoms with E-state index in [1.165, 1.54) is 28.0 Å². The van der Waals surface area contributed by atoms with E-state index < -0.39 is 12.0 Å². The summed E-state index contributed by atoms with van der Waals surface area (Å²) in [6.07, 6.45) is 1.68. The number of hydrogen-bond acceptors (Lipinski definition) is 6. The lowest BCUT2D eigenvalue weighted by atomic mass is 10.2. The Labute approximate surface area is 131 Å². The molecule has 116 valence electrons. The Bertz CT molecular complexity index is 532. The third-order valence-electron chi connectivity index (χ3n) is 3.28. The highest BCUT2D eigenvalue weighted by Crippen LogP contribution is 2.33. The van der Waals surface area contributed by atoms with Gasteiger partial charge in [0.1, 0.15) is 16.7 Å². The number of nitrogens with zero attached hydrogens (tertiary/aromatic N) is 2. The first-order valence-corrected chi connectivity index (χ1v) is 8.76. The van der Waals surface area contributed by atoms with Crippen molar-refractivity contribution in [2.75, 3.05) is 5.75 Å². The van der Waals surface area contributed by atoms with Crippen LogP contribution in [0.2, 0.25) is 0 Å². The van der Waals surface area contributed by atoms with Gasteiger partial charge in [-0.1, -0.05) is 13.3 Å². The molecule has 0 spiro atoms. The van der Waals surface area contributed by atoms with Crippen molar-refractivity contribution in [2.45, 2.75) is 44.1 Å². The molecule has 1 aliphatic heterocycles. The summed E-state index contributed by atoms with van der Waals surface area (Å²) >= 11 is 2.85. The molecule has 1 aromatic heterocycles. The predicted molar refractivity (Wildman–Crippen MR) is 83.5 cm³/mol. The summed E-state index contributed by atoms with van der Waals surface area (Å²) < 4.78 is 0. The number of amides is 1. The Morgan fingerprint density at radius 2 is 2.33 bits per heavy atom. The maximum absolute atomic E-state index is 12.6. The molecule has 0 bridgehead atoms. The maximum atomic E-state index is 12.6. The van der Waals surface area contributed by atoms with Gasteiger partial charge in [-0.25, -0.2) is 9.78 Å². The van der Waals surface area contributed by atoms with Crippen molar-refractivity contribution in [1.29, 1.82) is 0 Å². The smallest absolute Gasteiger partial charge is 0.327 e. The van der Waals surface area contributed by atoms with Crippen LogP contribution >= 0.6 is 23.1 Å². The van der Waals surface area contributed by atoms with Crippen molar-refractivity contribution in [1.82, 2.24) is 9.88 Å². The normalized spacial score (nSPS) is 23.3. The van der Waals surface area contributed by atoms with E-state index in [-0.39, 0.29) is 17.3 Å². The molecule has 0 aliphatic carbocycles. The van der Waals surface area contributed by atoms with Gasteiger partial charge in [-0.05, 0) is 13.3 Å². The van der Waals surface area contributed by atoms with Crippen molar-refractivity contribution in [3.63, 3.8) is 0 Å². The quantitative estimate of drug-likeness (QED) is 0.857. The van der Waals surface area contributed by atoms with Crippen LogP contribution in [-0.4, -0.2) is 44.0 Å². The molecule has 3 unspecified atom stereocenters. The van der Waals surface area contributed by atoms with Crippen LogP contribution in [0.5, 0.6) is 0 Å². The second-order valence-corrected chi connectivity index (χ2v) is 7.10. The summed E-state index contributed by atoms with van der Waals surface area (Å²) in [7, 11) is 0. The SMILES string of the molecule is CCCC1SCC(C(=O)O)N1C(=O)c1csc(C(C)N)n1. The molecule has 8 heteroatoms. The van der Waals surface area contributed by atoms with E-state index in [1.807, 2.05) is 6.92 Å². The maximum Gasteiger partial charge on any atom is 0.327 e. The number of carbonyl (C=O) groups is 2. The summed E-state index contributed by atoms with van der Waals surface area (Å²) in [5.74, 6) is -0.846. The standard InChI is InChI=1S/C13H19N3O3S2/c1-3-4-10-16(9(6-20-10)13(18)19)12(17)8-5-21-11(15-8)7(2)14/h5,7,9-10H,3-4,6,14H2,1-2H3,(H,18,19). The molecule has 0 aromatic carbocycles. The van der Waals surface area contributed by atoms with Crippen molar-refractivity contribution >= 4 is 35.0 Å². The van der Waals surface area contributed by atoms with Crippen LogP contribution in [0.25, 0.3) is 0 Å². The molecule has 1 amide bonds. The molecule has 1 aromatic rings. The molecule has 3 atom stereocenters. The number of thiazole rings is 1. The van der Waals surface area contributed by atoms with Crippen LogP contribution in [-0.2, 0) is 4.79 Å². The van der Waals surface area contributed by atoms with Gasteiger partial charge in [-0.15, -0.1) is 23.1 Å². The van der Waals surface area contributed by atoms with E-state index in [1.54, 1.807) is 12.3 Å². The van der Waals surface area contributed by atoms with Crippen molar-refractivity contribution in [3.05, 3.63) is 16.1 Å². The zero-order valence-corrected chi connectivity index (χ0v) is 13.6. The largest absolute Gasteiger partial charge is 0.480 e. The van der Waals surface area contributed by atoms with Gasteiger partial charge in [0.2, 0.25) is 0 Å². The predicted octanol–water partition coefficient (Wildman–Crippen LogP) is 1.93. The Hall–Kier alpha value is -1.12. The highest BCUT2D eigenvalue weighted by molar-refractivity contribution is 8.00. The van der Waals surface area contributed by atoms with Gasteiger partial charge >= 0.3 is 5.97 Å². The molecule has 6 nitrogen and oxygen atoms in total. The molecule has 0 radical (unpaired) electrons. The summed E-state index contributed by atoms with van der Waals surface area (Å²) in [5.41, 5.74) is 6.05. The molecular formula is C13H19N3O3S2. The van der Waals surface area contributed by atoms with Crippen LogP contribution < -0.4 is 5.73 Å². The molecule has 1 aliphatic rings. The highest BCUT2D eigenvalue weighted by Gasteiger charge is 2.42. The first kappa shape index (κ1) is 16.3. The van der Waals surface area contributed by atoms with Gasteiger partial charge in [0.15, 0.2) is 0 Å². The van der Waals surface area contributed by atoms with Crippen LogP contribution in [0.4, 0.5) is 0 Å². The lowest BCUT2D eigenvalue weighted by Crippen LogP contribution is -2.45. The van der Waals surface area contributed by atoms with Gasteiger partial charge in [0.25, 0.3) is 5.91 Å². The average Bonchev–Trinajstić information content (AvgIpc) is 3.05.